The predicted molar refractivity (Wildman–Crippen MR) is 48.9 cm³/mol. The Balaban J connectivity index is 2.54. The molecule has 1 rings (SSSR count). The maximum Gasteiger partial charge on any atom is 0.396 e. The van der Waals surface area contributed by atoms with Crippen molar-refractivity contribution in [3.05, 3.63) is 18.2 Å². The Morgan fingerprint density at radius 3 is 2.75 bits per heavy atom. The van der Waals surface area contributed by atoms with Gasteiger partial charge in [0, 0.05) is 25.4 Å². The lowest BCUT2D eigenvalue weighted by Gasteiger charge is -2.09. The third kappa shape index (κ3) is 4.33. The topological polar surface area (TPSA) is 55.1 Å². The quantitative estimate of drug-likeness (QED) is 0.848. The molecule has 1 N–H and O–H groups in total. The van der Waals surface area contributed by atoms with Gasteiger partial charge in [0.25, 0.3) is 0 Å². The summed E-state index contributed by atoms with van der Waals surface area (Å²) in [5.74, 6) is -1.05. The van der Waals surface area contributed by atoms with Gasteiger partial charge in [-0.05, 0) is 6.42 Å². The lowest BCUT2D eigenvalue weighted by Crippen LogP contribution is -2.16. The molecule has 0 aliphatic rings. The average molecular weight is 236 g/mol. The molecule has 0 aliphatic carbocycles. The number of carboxylic acid groups (broad SMARTS) is 1. The van der Waals surface area contributed by atoms with E-state index >= 15 is 0 Å². The molecule has 0 spiro atoms. The van der Waals surface area contributed by atoms with Gasteiger partial charge in [-0.25, -0.2) is 4.98 Å². The summed E-state index contributed by atoms with van der Waals surface area (Å²) >= 11 is 0. The van der Waals surface area contributed by atoms with Crippen LogP contribution in [-0.4, -0.2) is 26.8 Å². The molecule has 7 heteroatoms. The number of nitrogens with zero attached hydrogens (tertiary/aromatic N) is 2. The number of halogens is 3. The Labute approximate surface area is 89.7 Å². The summed E-state index contributed by atoms with van der Waals surface area (Å²) in [6.45, 7) is 0.234. The first-order valence-corrected chi connectivity index (χ1v) is 4.67. The van der Waals surface area contributed by atoms with Gasteiger partial charge in [0.15, 0.2) is 0 Å². The third-order valence-electron chi connectivity index (χ3n) is 1.95. The smallest absolute Gasteiger partial charge is 0.396 e. The predicted octanol–water partition coefficient (Wildman–Crippen LogP) is 1.85. The molecule has 0 bridgehead atoms. The van der Waals surface area contributed by atoms with E-state index in [1.54, 1.807) is 0 Å². The molecule has 0 saturated heterocycles. The first kappa shape index (κ1) is 12.5. The van der Waals surface area contributed by atoms with E-state index in [9.17, 15) is 18.0 Å². The van der Waals surface area contributed by atoms with Gasteiger partial charge in [0.2, 0.25) is 0 Å². The van der Waals surface area contributed by atoms with Crippen LogP contribution >= 0.6 is 0 Å². The molecule has 0 radical (unpaired) electrons. The zero-order chi connectivity index (χ0) is 12.2. The van der Waals surface area contributed by atoms with Gasteiger partial charge in [0.1, 0.15) is 12.2 Å². The number of aromatic nitrogens is 2. The fourth-order valence-electron chi connectivity index (χ4n) is 1.29. The van der Waals surface area contributed by atoms with Crippen molar-refractivity contribution in [2.45, 2.75) is 32.0 Å². The van der Waals surface area contributed by atoms with Crippen molar-refractivity contribution < 1.29 is 23.1 Å². The molecule has 0 atom stereocenters. The molecule has 0 fully saturated rings. The zero-order valence-electron chi connectivity index (χ0n) is 8.37. The van der Waals surface area contributed by atoms with Crippen LogP contribution in [0.15, 0.2) is 12.4 Å². The molecule has 1 aromatic heterocycles. The highest BCUT2D eigenvalue weighted by molar-refractivity contribution is 5.66. The average Bonchev–Trinajstić information content (AvgIpc) is 2.49. The standard InChI is InChI=1S/C9H11F3N2O2/c10-9(11,12)6-7-13-3-5-14(7)4-1-2-8(15)16/h3,5H,1-2,4,6H2,(H,15,16). The fourth-order valence-corrected chi connectivity index (χ4v) is 1.29. The maximum absolute atomic E-state index is 12.1. The summed E-state index contributed by atoms with van der Waals surface area (Å²) in [4.78, 5) is 13.8. The number of alkyl halides is 3. The van der Waals surface area contributed by atoms with Crippen LogP contribution in [0, 0.1) is 0 Å². The molecular weight excluding hydrogens is 225 g/mol. The minimum Gasteiger partial charge on any atom is -0.481 e. The maximum atomic E-state index is 12.1. The minimum absolute atomic E-state index is 0.0658. The van der Waals surface area contributed by atoms with Gasteiger partial charge < -0.3 is 9.67 Å². The lowest BCUT2D eigenvalue weighted by atomic mass is 10.3. The summed E-state index contributed by atoms with van der Waals surface area (Å²) < 4.78 is 37.6. The van der Waals surface area contributed by atoms with Crippen molar-refractivity contribution in [2.75, 3.05) is 0 Å². The summed E-state index contributed by atoms with van der Waals surface area (Å²) in [6.07, 6.45) is -2.46. The molecule has 1 heterocycles. The monoisotopic (exact) mass is 236 g/mol. The number of imidazole rings is 1. The van der Waals surface area contributed by atoms with Gasteiger partial charge in [-0.3, -0.25) is 4.79 Å². The molecular formula is C9H11F3N2O2. The molecule has 0 amide bonds. The molecule has 0 unspecified atom stereocenters. The number of aliphatic carboxylic acids is 1. The van der Waals surface area contributed by atoms with Crippen LogP contribution in [-0.2, 0) is 17.8 Å². The van der Waals surface area contributed by atoms with Crippen LogP contribution in [0.3, 0.4) is 0 Å². The molecule has 90 valence electrons. The van der Waals surface area contributed by atoms with Crippen molar-refractivity contribution in [1.82, 2.24) is 9.55 Å². The second kappa shape index (κ2) is 5.00. The van der Waals surface area contributed by atoms with E-state index in [4.69, 9.17) is 5.11 Å². The normalized spacial score (nSPS) is 11.7. The number of carbonyl (C=O) groups is 1. The van der Waals surface area contributed by atoms with Crippen molar-refractivity contribution in [1.29, 1.82) is 0 Å². The van der Waals surface area contributed by atoms with E-state index in [1.165, 1.54) is 17.0 Å². The van der Waals surface area contributed by atoms with Crippen molar-refractivity contribution >= 4 is 5.97 Å². The summed E-state index contributed by atoms with van der Waals surface area (Å²) in [5, 5.41) is 8.39. The summed E-state index contributed by atoms with van der Waals surface area (Å²) in [7, 11) is 0. The minimum atomic E-state index is -4.30. The van der Waals surface area contributed by atoms with Crippen molar-refractivity contribution in [3.8, 4) is 0 Å². The molecule has 1 aromatic rings. The van der Waals surface area contributed by atoms with Crippen LogP contribution < -0.4 is 0 Å². The molecule has 4 nitrogen and oxygen atoms in total. The van der Waals surface area contributed by atoms with Crippen LogP contribution in [0.2, 0.25) is 0 Å². The van der Waals surface area contributed by atoms with E-state index < -0.39 is 18.6 Å². The molecule has 16 heavy (non-hydrogen) atoms. The Morgan fingerprint density at radius 1 is 1.50 bits per heavy atom. The van der Waals surface area contributed by atoms with E-state index in [2.05, 4.69) is 4.98 Å². The van der Waals surface area contributed by atoms with Gasteiger partial charge >= 0.3 is 12.1 Å². The second-order valence-electron chi connectivity index (χ2n) is 3.33. The first-order valence-electron chi connectivity index (χ1n) is 4.67. The number of hydrogen-bond acceptors (Lipinski definition) is 2. The Bertz CT molecular complexity index is 360. The van der Waals surface area contributed by atoms with Crippen LogP contribution in [0.4, 0.5) is 13.2 Å². The van der Waals surface area contributed by atoms with Gasteiger partial charge in [-0.2, -0.15) is 13.2 Å². The highest BCUT2D eigenvalue weighted by atomic mass is 19.4. The van der Waals surface area contributed by atoms with Gasteiger partial charge in [-0.1, -0.05) is 0 Å². The Morgan fingerprint density at radius 2 is 2.19 bits per heavy atom. The molecule has 0 aromatic carbocycles. The number of rotatable bonds is 5. The van der Waals surface area contributed by atoms with E-state index in [0.29, 0.717) is 0 Å². The third-order valence-corrected chi connectivity index (χ3v) is 1.95. The largest absolute Gasteiger partial charge is 0.481 e. The number of hydrogen-bond donors (Lipinski definition) is 1. The Hall–Kier alpha value is -1.53. The van der Waals surface area contributed by atoms with Gasteiger partial charge in [0.05, 0.1) is 0 Å². The van der Waals surface area contributed by atoms with Crippen molar-refractivity contribution in [2.24, 2.45) is 0 Å². The lowest BCUT2D eigenvalue weighted by molar-refractivity contribution is -0.137. The second-order valence-corrected chi connectivity index (χ2v) is 3.33. The highest BCUT2D eigenvalue weighted by Gasteiger charge is 2.29. The molecule has 0 saturated carbocycles. The summed E-state index contributed by atoms with van der Waals surface area (Å²) in [5.41, 5.74) is 0. The van der Waals surface area contributed by atoms with E-state index in [1.807, 2.05) is 0 Å². The summed E-state index contributed by atoms with van der Waals surface area (Å²) in [6, 6.07) is 0. The van der Waals surface area contributed by atoms with E-state index in [-0.39, 0.29) is 25.2 Å². The first-order chi connectivity index (χ1) is 7.38. The van der Waals surface area contributed by atoms with Crippen LogP contribution in [0.1, 0.15) is 18.7 Å². The number of carboxylic acids is 1. The van der Waals surface area contributed by atoms with Crippen LogP contribution in [0.5, 0.6) is 0 Å². The Kier molecular flexibility index (Phi) is 3.92. The molecule has 0 aliphatic heterocycles. The van der Waals surface area contributed by atoms with Crippen molar-refractivity contribution in [3.63, 3.8) is 0 Å². The van der Waals surface area contributed by atoms with Gasteiger partial charge in [-0.15, -0.1) is 0 Å². The highest BCUT2D eigenvalue weighted by Crippen LogP contribution is 2.20. The van der Waals surface area contributed by atoms with Crippen LogP contribution in [0.25, 0.3) is 0 Å². The number of aryl methyl sites for hydroxylation is 1. The SMILES string of the molecule is O=C(O)CCCn1ccnc1CC(F)(F)F. The zero-order valence-corrected chi connectivity index (χ0v) is 8.37. The van der Waals surface area contributed by atoms with E-state index in [0.717, 1.165) is 0 Å². The fraction of sp³-hybridized carbons (Fsp3) is 0.556.